The minimum absolute atomic E-state index is 0.285. The van der Waals surface area contributed by atoms with Crippen LogP contribution in [0.2, 0.25) is 0 Å². The maximum Gasteiger partial charge on any atom is 0.0599 e. The summed E-state index contributed by atoms with van der Waals surface area (Å²) in [4.78, 5) is 0. The fraction of sp³-hybridized carbons (Fsp3) is 1.00. The minimum atomic E-state index is 0.285. The van der Waals surface area contributed by atoms with Gasteiger partial charge in [-0.15, -0.1) is 0 Å². The van der Waals surface area contributed by atoms with Gasteiger partial charge in [-0.05, 0) is 5.90 Å². The molecule has 0 spiro atoms. The molecule has 0 aliphatic heterocycles. The first-order valence-corrected chi connectivity index (χ1v) is 4.88. The lowest BCUT2D eigenvalue weighted by Gasteiger charge is -1.91. The van der Waals surface area contributed by atoms with E-state index in [-0.39, 0.29) is 12.7 Å². The van der Waals surface area contributed by atoms with Gasteiger partial charge >= 0.3 is 0 Å². The Balaban J connectivity index is 2.45. The molecule has 44 valence electrons. The van der Waals surface area contributed by atoms with Gasteiger partial charge in [-0.1, -0.05) is 17.2 Å². The first kappa shape index (κ1) is 7.78. The van der Waals surface area contributed by atoms with E-state index in [2.05, 4.69) is 0 Å². The predicted molar refractivity (Wildman–Crippen MR) is 35.7 cm³/mol. The lowest BCUT2D eigenvalue weighted by atomic mass is 11.7. The second-order valence-electron chi connectivity index (χ2n) is 0.993. The zero-order chi connectivity index (χ0) is 5.54. The van der Waals surface area contributed by atoms with Crippen molar-refractivity contribution in [3.8, 4) is 0 Å². The molecule has 0 aliphatic rings. The van der Waals surface area contributed by atoms with Crippen LogP contribution in [0.3, 0.4) is 0 Å². The van der Waals surface area contributed by atoms with Crippen LogP contribution in [0.15, 0.2) is 0 Å². The topological polar surface area (TPSA) is 40.5 Å². The maximum atomic E-state index is 8.23. The monoisotopic (exact) mass is 140 g/mol. The molecule has 0 bridgehead atoms. The maximum absolute atomic E-state index is 8.23. The van der Waals surface area contributed by atoms with Crippen LogP contribution in [0.25, 0.3) is 0 Å². The Morgan fingerprint density at radius 3 is 1.71 bits per heavy atom. The molecule has 2 nitrogen and oxygen atoms in total. The highest BCUT2D eigenvalue weighted by atomic mass is 31.1. The largest absolute Gasteiger partial charge is 0.392 e. The van der Waals surface area contributed by atoms with Crippen molar-refractivity contribution in [1.29, 1.82) is 0 Å². The van der Waals surface area contributed by atoms with Gasteiger partial charge in [-0.2, -0.15) is 0 Å². The minimum Gasteiger partial charge on any atom is -0.392 e. The van der Waals surface area contributed by atoms with Gasteiger partial charge in [0.15, 0.2) is 0 Å². The molecule has 0 saturated heterocycles. The van der Waals surface area contributed by atoms with Gasteiger partial charge in [0.05, 0.1) is 12.7 Å². The number of aliphatic hydroxyl groups excluding tert-OH is 2. The third-order valence-electron chi connectivity index (χ3n) is 0.474. The van der Waals surface area contributed by atoms with Gasteiger partial charge < -0.3 is 10.2 Å². The Morgan fingerprint density at radius 1 is 1.00 bits per heavy atom. The number of hydrogen-bond donors (Lipinski definition) is 2. The Morgan fingerprint density at radius 2 is 1.43 bits per heavy atom. The highest BCUT2D eigenvalue weighted by Gasteiger charge is 1.80. The van der Waals surface area contributed by atoms with E-state index in [1.807, 2.05) is 0 Å². The van der Waals surface area contributed by atoms with E-state index in [1.54, 1.807) is 0 Å². The van der Waals surface area contributed by atoms with E-state index in [1.165, 1.54) is 0 Å². The zero-order valence-electron chi connectivity index (χ0n) is 4.02. The fourth-order valence-electron chi connectivity index (χ4n) is 0.200. The second-order valence-corrected chi connectivity index (χ2v) is 4.04. The third kappa shape index (κ3) is 6.78. The van der Waals surface area contributed by atoms with Crippen molar-refractivity contribution in [2.75, 3.05) is 18.6 Å². The summed E-state index contributed by atoms with van der Waals surface area (Å²) in [6, 6.07) is 0. The van der Waals surface area contributed by atoms with Gasteiger partial charge in [0.25, 0.3) is 0 Å². The molecule has 0 heterocycles. The summed E-state index contributed by atoms with van der Waals surface area (Å²) < 4.78 is 0. The van der Waals surface area contributed by atoms with Crippen LogP contribution in [0.4, 0.5) is 0 Å². The SMILES string of the molecule is OCPCPCO. The van der Waals surface area contributed by atoms with E-state index in [0.29, 0.717) is 17.2 Å². The van der Waals surface area contributed by atoms with Crippen LogP contribution in [0.5, 0.6) is 0 Å². The lowest BCUT2D eigenvalue weighted by molar-refractivity contribution is 0.371. The van der Waals surface area contributed by atoms with E-state index in [0.717, 1.165) is 5.90 Å². The van der Waals surface area contributed by atoms with Crippen molar-refractivity contribution in [2.45, 2.75) is 0 Å². The van der Waals surface area contributed by atoms with Gasteiger partial charge in [-0.25, -0.2) is 0 Å². The van der Waals surface area contributed by atoms with Crippen LogP contribution >= 0.6 is 17.2 Å². The summed E-state index contributed by atoms with van der Waals surface area (Å²) in [5.41, 5.74) is 0. The molecule has 0 aromatic carbocycles. The third-order valence-corrected chi connectivity index (χ3v) is 2.92. The summed E-state index contributed by atoms with van der Waals surface area (Å²) >= 11 is 0. The molecule has 0 saturated carbocycles. The highest BCUT2D eigenvalue weighted by Crippen LogP contribution is 2.20. The van der Waals surface area contributed by atoms with Crippen LogP contribution in [-0.2, 0) is 0 Å². The molecule has 2 atom stereocenters. The predicted octanol–water partition coefficient (Wildman–Crippen LogP) is 0.201. The summed E-state index contributed by atoms with van der Waals surface area (Å²) in [5, 5.41) is 16.5. The summed E-state index contributed by atoms with van der Waals surface area (Å²) in [6.07, 6.45) is 0.569. The average Bonchev–Trinajstić information content (AvgIpc) is 1.69. The van der Waals surface area contributed by atoms with Crippen LogP contribution in [0, 0.1) is 0 Å². The summed E-state index contributed by atoms with van der Waals surface area (Å²) in [6.45, 7) is 0. The Hall–Kier alpha value is 0.780. The average molecular weight is 140 g/mol. The standard InChI is InChI=1S/C3H10O2P2/c4-1-6-3-7-2-5/h4-7H,1-3H2. The number of hydrogen-bond acceptors (Lipinski definition) is 2. The van der Waals surface area contributed by atoms with Gasteiger partial charge in [0.1, 0.15) is 0 Å². The fourth-order valence-corrected chi connectivity index (χ4v) is 1.80. The van der Waals surface area contributed by atoms with Crippen molar-refractivity contribution in [1.82, 2.24) is 0 Å². The molecule has 2 unspecified atom stereocenters. The molecule has 0 fully saturated rings. The van der Waals surface area contributed by atoms with Crippen molar-refractivity contribution < 1.29 is 10.2 Å². The zero-order valence-corrected chi connectivity index (χ0v) is 6.02. The van der Waals surface area contributed by atoms with Crippen molar-refractivity contribution >= 4 is 17.2 Å². The van der Waals surface area contributed by atoms with E-state index in [4.69, 9.17) is 10.2 Å². The lowest BCUT2D eigenvalue weighted by Crippen LogP contribution is -1.71. The molecule has 0 amide bonds. The molecule has 0 aromatic heterocycles. The smallest absolute Gasteiger partial charge is 0.0599 e. The van der Waals surface area contributed by atoms with E-state index < -0.39 is 0 Å². The first-order valence-electron chi connectivity index (χ1n) is 2.05. The molecule has 0 aliphatic carbocycles. The van der Waals surface area contributed by atoms with E-state index in [9.17, 15) is 0 Å². The first-order chi connectivity index (χ1) is 3.41. The molecule has 4 heteroatoms. The summed E-state index contributed by atoms with van der Waals surface area (Å²) in [7, 11) is 1.26. The van der Waals surface area contributed by atoms with Gasteiger partial charge in [-0.3, -0.25) is 0 Å². The molecular weight excluding hydrogens is 130 g/mol. The van der Waals surface area contributed by atoms with Crippen LogP contribution in [0.1, 0.15) is 0 Å². The summed E-state index contributed by atoms with van der Waals surface area (Å²) in [5.74, 6) is 0.993. The second kappa shape index (κ2) is 6.78. The van der Waals surface area contributed by atoms with Crippen LogP contribution in [-0.4, -0.2) is 28.8 Å². The number of rotatable bonds is 4. The Kier molecular flexibility index (Phi) is 7.54. The molecule has 0 rings (SSSR count). The highest BCUT2D eigenvalue weighted by molar-refractivity contribution is 7.55. The molecule has 2 N–H and O–H groups in total. The van der Waals surface area contributed by atoms with Gasteiger partial charge in [0.2, 0.25) is 0 Å². The van der Waals surface area contributed by atoms with Gasteiger partial charge in [0, 0.05) is 0 Å². The van der Waals surface area contributed by atoms with Crippen LogP contribution < -0.4 is 0 Å². The van der Waals surface area contributed by atoms with Crippen molar-refractivity contribution in [3.05, 3.63) is 0 Å². The normalized spacial score (nSPS) is 12.9. The molecule has 0 aromatic rings. The quantitative estimate of drug-likeness (QED) is 0.432. The Labute approximate surface area is 46.9 Å². The Bertz CT molecular complexity index is 30.1. The number of aliphatic hydroxyl groups is 2. The van der Waals surface area contributed by atoms with Crippen molar-refractivity contribution in [3.63, 3.8) is 0 Å². The van der Waals surface area contributed by atoms with Crippen molar-refractivity contribution in [2.24, 2.45) is 0 Å². The molecule has 7 heavy (non-hydrogen) atoms. The molecule has 0 radical (unpaired) electrons. The van der Waals surface area contributed by atoms with E-state index >= 15 is 0 Å². The molecular formula is C3H10O2P2.